The Morgan fingerprint density at radius 1 is 1.39 bits per heavy atom. The number of carbonyl (C=O) groups excluding carboxylic acids is 1. The quantitative estimate of drug-likeness (QED) is 0.721. The van der Waals surface area contributed by atoms with Crippen molar-refractivity contribution in [1.82, 2.24) is 15.1 Å². The van der Waals surface area contributed by atoms with E-state index in [-0.39, 0.29) is 18.2 Å². The van der Waals surface area contributed by atoms with Crippen molar-refractivity contribution in [3.63, 3.8) is 0 Å². The van der Waals surface area contributed by atoms with Gasteiger partial charge in [0.1, 0.15) is 11.4 Å². The third-order valence-corrected chi connectivity index (χ3v) is 3.21. The molecule has 23 heavy (non-hydrogen) atoms. The number of benzene rings is 1. The predicted molar refractivity (Wildman–Crippen MR) is 81.2 cm³/mol. The molecule has 0 aliphatic carbocycles. The summed E-state index contributed by atoms with van der Waals surface area (Å²) in [6, 6.07) is 8.71. The lowest BCUT2D eigenvalue weighted by Crippen LogP contribution is -2.05. The maximum absolute atomic E-state index is 11.8. The first kappa shape index (κ1) is 15.1. The van der Waals surface area contributed by atoms with Crippen molar-refractivity contribution in [2.45, 2.75) is 6.61 Å². The lowest BCUT2D eigenvalue weighted by molar-refractivity contribution is 0.0423. The van der Waals surface area contributed by atoms with Crippen LogP contribution >= 0.6 is 11.6 Å². The van der Waals surface area contributed by atoms with E-state index in [0.29, 0.717) is 16.6 Å². The van der Waals surface area contributed by atoms with Gasteiger partial charge in [-0.25, -0.2) is 4.79 Å². The maximum Gasteiger partial charge on any atom is 0.355 e. The number of aromatic amines is 1. The van der Waals surface area contributed by atoms with Crippen molar-refractivity contribution in [3.05, 3.63) is 53.1 Å². The molecular formula is C15H12ClN3O4. The molecule has 0 unspecified atom stereocenters. The normalized spacial score (nSPS) is 10.5. The van der Waals surface area contributed by atoms with Crippen LogP contribution in [-0.4, -0.2) is 28.2 Å². The highest BCUT2D eigenvalue weighted by atomic mass is 35.5. The first-order chi connectivity index (χ1) is 11.2. The van der Waals surface area contributed by atoms with Gasteiger partial charge in [-0.2, -0.15) is 4.98 Å². The molecule has 2 aromatic heterocycles. The molecule has 8 heteroatoms. The van der Waals surface area contributed by atoms with Crippen LogP contribution < -0.4 is 4.74 Å². The van der Waals surface area contributed by atoms with Crippen molar-refractivity contribution in [1.29, 1.82) is 0 Å². The van der Waals surface area contributed by atoms with Gasteiger partial charge in [0.05, 0.1) is 12.1 Å². The number of nitrogens with zero attached hydrogens (tertiary/aromatic N) is 2. The van der Waals surface area contributed by atoms with Crippen LogP contribution in [0.3, 0.4) is 0 Å². The van der Waals surface area contributed by atoms with Gasteiger partial charge in [-0.3, -0.25) is 0 Å². The molecule has 0 radical (unpaired) electrons. The summed E-state index contributed by atoms with van der Waals surface area (Å²) in [5.41, 5.74) is 0.990. The van der Waals surface area contributed by atoms with E-state index in [1.807, 2.05) is 18.2 Å². The van der Waals surface area contributed by atoms with Crippen molar-refractivity contribution in [2.75, 3.05) is 7.11 Å². The average Bonchev–Trinajstić information content (AvgIpc) is 3.22. The monoisotopic (exact) mass is 333 g/mol. The number of rotatable bonds is 5. The van der Waals surface area contributed by atoms with Gasteiger partial charge in [-0.05, 0) is 18.2 Å². The molecule has 118 valence electrons. The van der Waals surface area contributed by atoms with Crippen LogP contribution in [0.1, 0.15) is 16.4 Å². The number of hydrogen-bond acceptors (Lipinski definition) is 6. The second kappa shape index (κ2) is 6.53. The SMILES string of the molecule is COc1cccc(-c2noc(COC(=O)c3cc(Cl)c[nH]3)n2)c1. The third kappa shape index (κ3) is 3.51. The Balaban J connectivity index is 1.66. The van der Waals surface area contributed by atoms with E-state index in [4.69, 9.17) is 25.6 Å². The van der Waals surface area contributed by atoms with E-state index in [1.165, 1.54) is 12.3 Å². The highest BCUT2D eigenvalue weighted by Crippen LogP contribution is 2.21. The Kier molecular flexibility index (Phi) is 4.29. The zero-order valence-corrected chi connectivity index (χ0v) is 12.8. The predicted octanol–water partition coefficient (Wildman–Crippen LogP) is 3.08. The Bertz CT molecular complexity index is 828. The van der Waals surface area contributed by atoms with E-state index >= 15 is 0 Å². The summed E-state index contributed by atoms with van der Waals surface area (Å²) in [7, 11) is 1.58. The first-order valence-electron chi connectivity index (χ1n) is 6.64. The minimum Gasteiger partial charge on any atom is -0.497 e. The summed E-state index contributed by atoms with van der Waals surface area (Å²) in [6.07, 6.45) is 1.49. The molecule has 1 aromatic carbocycles. The van der Waals surface area contributed by atoms with Crippen LogP contribution in [0.5, 0.6) is 5.75 Å². The lowest BCUT2D eigenvalue weighted by Gasteiger charge is -2.00. The minimum absolute atomic E-state index is 0.132. The summed E-state index contributed by atoms with van der Waals surface area (Å²) >= 11 is 5.73. The second-order valence-corrected chi connectivity index (χ2v) is 4.99. The van der Waals surface area contributed by atoms with Crippen molar-refractivity contribution in [2.24, 2.45) is 0 Å². The molecule has 3 aromatic rings. The average molecular weight is 334 g/mol. The molecule has 0 saturated carbocycles. The number of methoxy groups -OCH3 is 1. The Morgan fingerprint density at radius 3 is 3.00 bits per heavy atom. The van der Waals surface area contributed by atoms with Gasteiger partial charge < -0.3 is 19.0 Å². The van der Waals surface area contributed by atoms with Crippen molar-refractivity contribution >= 4 is 17.6 Å². The van der Waals surface area contributed by atoms with Crippen molar-refractivity contribution in [3.8, 4) is 17.1 Å². The smallest absolute Gasteiger partial charge is 0.355 e. The fourth-order valence-corrected chi connectivity index (χ4v) is 2.05. The number of halogens is 1. The molecule has 0 atom stereocenters. The van der Waals surface area contributed by atoms with E-state index < -0.39 is 5.97 Å². The summed E-state index contributed by atoms with van der Waals surface area (Å²) in [6.45, 7) is -0.132. The molecule has 0 bridgehead atoms. The molecule has 1 N–H and O–H groups in total. The summed E-state index contributed by atoms with van der Waals surface area (Å²) in [4.78, 5) is 18.7. The topological polar surface area (TPSA) is 90.2 Å². The minimum atomic E-state index is -0.557. The summed E-state index contributed by atoms with van der Waals surface area (Å²) in [5, 5.41) is 4.28. The van der Waals surface area contributed by atoms with Crippen LogP contribution in [0.4, 0.5) is 0 Å². The molecule has 0 aliphatic rings. The third-order valence-electron chi connectivity index (χ3n) is 2.99. The van der Waals surface area contributed by atoms with Gasteiger partial charge in [0.25, 0.3) is 5.89 Å². The van der Waals surface area contributed by atoms with Gasteiger partial charge in [0.2, 0.25) is 5.82 Å². The number of esters is 1. The number of hydrogen-bond donors (Lipinski definition) is 1. The molecule has 3 rings (SSSR count). The van der Waals surface area contributed by atoms with Crippen LogP contribution in [0.2, 0.25) is 5.02 Å². The first-order valence-corrected chi connectivity index (χ1v) is 7.01. The molecule has 0 aliphatic heterocycles. The fourth-order valence-electron chi connectivity index (χ4n) is 1.88. The number of nitrogens with one attached hydrogen (secondary N) is 1. The van der Waals surface area contributed by atoms with Crippen molar-refractivity contribution < 1.29 is 18.8 Å². The molecule has 0 saturated heterocycles. The van der Waals surface area contributed by atoms with E-state index in [1.54, 1.807) is 13.2 Å². The van der Waals surface area contributed by atoms with E-state index in [9.17, 15) is 4.79 Å². The van der Waals surface area contributed by atoms with Gasteiger partial charge in [0.15, 0.2) is 6.61 Å². The largest absolute Gasteiger partial charge is 0.497 e. The van der Waals surface area contributed by atoms with Crippen LogP contribution in [0.25, 0.3) is 11.4 Å². The Morgan fingerprint density at radius 2 is 2.26 bits per heavy atom. The molecular weight excluding hydrogens is 322 g/mol. The van der Waals surface area contributed by atoms with Crippen LogP contribution in [0, 0.1) is 0 Å². The van der Waals surface area contributed by atoms with Crippen LogP contribution in [0.15, 0.2) is 41.1 Å². The molecule has 7 nitrogen and oxygen atoms in total. The molecule has 0 fully saturated rings. The fraction of sp³-hybridized carbons (Fsp3) is 0.133. The Hall–Kier alpha value is -2.80. The highest BCUT2D eigenvalue weighted by Gasteiger charge is 2.14. The number of aromatic nitrogens is 3. The van der Waals surface area contributed by atoms with E-state index in [0.717, 1.165) is 5.56 Å². The van der Waals surface area contributed by atoms with E-state index in [2.05, 4.69) is 15.1 Å². The van der Waals surface area contributed by atoms with Gasteiger partial charge in [0, 0.05) is 11.8 Å². The highest BCUT2D eigenvalue weighted by molar-refractivity contribution is 6.30. The zero-order chi connectivity index (χ0) is 16.2. The molecule has 2 heterocycles. The maximum atomic E-state index is 11.8. The van der Waals surface area contributed by atoms with Gasteiger partial charge in [-0.15, -0.1) is 0 Å². The molecule has 0 amide bonds. The summed E-state index contributed by atoms with van der Waals surface area (Å²) in [5.74, 6) is 0.702. The van der Waals surface area contributed by atoms with Gasteiger partial charge >= 0.3 is 5.97 Å². The number of carbonyl (C=O) groups is 1. The zero-order valence-electron chi connectivity index (χ0n) is 12.1. The Labute approximate surface area is 136 Å². The standard InChI is InChI=1S/C15H12ClN3O4/c1-21-11-4-2-3-9(5-11)14-18-13(23-19-14)8-22-15(20)12-6-10(16)7-17-12/h2-7,17H,8H2,1H3. The second-order valence-electron chi connectivity index (χ2n) is 4.55. The lowest BCUT2D eigenvalue weighted by atomic mass is 10.2. The van der Waals surface area contributed by atoms with Gasteiger partial charge in [-0.1, -0.05) is 28.9 Å². The summed E-state index contributed by atoms with van der Waals surface area (Å²) < 4.78 is 15.3. The number of ether oxygens (including phenoxy) is 2. The van der Waals surface area contributed by atoms with Crippen LogP contribution in [-0.2, 0) is 11.3 Å². The number of H-pyrrole nitrogens is 1. The molecule has 0 spiro atoms.